The lowest BCUT2D eigenvalue weighted by Gasteiger charge is -2.17. The molecular formula is C24H24O15. The molecule has 0 bridgehead atoms. The molecule has 0 spiro atoms. The number of ketones is 2. The number of carboxylic acids is 2. The van der Waals surface area contributed by atoms with Crippen LogP contribution in [0, 0.1) is 0 Å². The van der Waals surface area contributed by atoms with Crippen molar-refractivity contribution >= 4 is 29.5 Å². The fourth-order valence-electron chi connectivity index (χ4n) is 3.59. The van der Waals surface area contributed by atoms with Crippen molar-refractivity contribution in [2.75, 3.05) is 13.2 Å². The zero-order chi connectivity index (χ0) is 29.6. The molecular weight excluding hydrogens is 528 g/mol. The van der Waals surface area contributed by atoms with Crippen LogP contribution in [0.5, 0.6) is 0 Å². The molecule has 15 nitrogen and oxygen atoms in total. The largest absolute Gasteiger partial charge is 0.478 e. The van der Waals surface area contributed by atoms with Crippen LogP contribution in [-0.2, 0) is 4.74 Å². The van der Waals surface area contributed by atoms with Crippen LogP contribution in [0.2, 0.25) is 0 Å². The zero-order valence-electron chi connectivity index (χ0n) is 19.8. The summed E-state index contributed by atoms with van der Waals surface area (Å²) >= 11 is 0. The van der Waals surface area contributed by atoms with E-state index in [-0.39, 0.29) is 0 Å². The van der Waals surface area contributed by atoms with Gasteiger partial charge in [0.2, 0.25) is 0 Å². The van der Waals surface area contributed by atoms with Gasteiger partial charge in [-0.2, -0.15) is 0 Å². The summed E-state index contributed by atoms with van der Waals surface area (Å²) in [5, 5.41) is 84.7. The Balaban J connectivity index is 2.36. The van der Waals surface area contributed by atoms with E-state index in [1.807, 2.05) is 0 Å². The second-order valence-corrected chi connectivity index (χ2v) is 7.95. The van der Waals surface area contributed by atoms with Gasteiger partial charge in [0.05, 0.1) is 29.9 Å². The molecule has 0 amide bonds. The lowest BCUT2D eigenvalue weighted by molar-refractivity contribution is -0.0635. The number of aliphatic hydroxyl groups is 7. The van der Waals surface area contributed by atoms with Gasteiger partial charge in [0.25, 0.3) is 0 Å². The first-order valence-electron chi connectivity index (χ1n) is 11.0. The number of aromatic carboxylic acids is 2. The number of carbonyl (C=O) groups excluding carboxylic acids is 3. The summed E-state index contributed by atoms with van der Waals surface area (Å²) in [6, 6.07) is 2.77. The highest BCUT2D eigenvalue weighted by atomic mass is 16.5. The minimum Gasteiger partial charge on any atom is -0.478 e. The van der Waals surface area contributed by atoms with Gasteiger partial charge in [0, 0.05) is 40.7 Å². The standard InChI is InChI=1S/C24H24O15/c25-3-1-17(26)10-6-16(15(23(36)37)8-12(10)20(30)31)24(38)39-4-2-18(27)9-5-13(21(32)33)14(22(34)35)7-11(9)19(28)29/h5-8,21-23,25,32-37H,1-4H2,(H,28,29)(H,30,31). The number of Topliss-reactive ketones (excluding diaryl/α,β-unsaturated/α-hetero) is 2. The van der Waals surface area contributed by atoms with E-state index in [2.05, 4.69) is 0 Å². The Bertz CT molecular complexity index is 1290. The van der Waals surface area contributed by atoms with Gasteiger partial charge in [0.1, 0.15) is 0 Å². The molecule has 0 fully saturated rings. The van der Waals surface area contributed by atoms with Gasteiger partial charge >= 0.3 is 17.9 Å². The third-order valence-corrected chi connectivity index (χ3v) is 5.43. The molecule has 9 N–H and O–H groups in total. The number of aliphatic hydroxyl groups excluding tert-OH is 4. The van der Waals surface area contributed by atoms with Crippen molar-refractivity contribution in [2.24, 2.45) is 0 Å². The molecule has 2 rings (SSSR count). The summed E-state index contributed by atoms with van der Waals surface area (Å²) in [6.07, 6.45) is -8.19. The van der Waals surface area contributed by atoms with Crippen molar-refractivity contribution < 1.29 is 74.7 Å². The highest BCUT2D eigenvalue weighted by Crippen LogP contribution is 2.28. The summed E-state index contributed by atoms with van der Waals surface area (Å²) < 4.78 is 4.93. The van der Waals surface area contributed by atoms with E-state index in [0.717, 1.165) is 12.1 Å². The third-order valence-electron chi connectivity index (χ3n) is 5.43. The van der Waals surface area contributed by atoms with Gasteiger partial charge in [-0.25, -0.2) is 14.4 Å². The Kier molecular flexibility index (Phi) is 10.5. The first kappa shape index (κ1) is 31.1. The SMILES string of the molecule is O=C(O)c1cc(C(O)O)c(C(=O)OCCC(=O)c2cc(C(O)O)c(C(O)O)cc2C(=O)O)cc1C(=O)CCO. The third kappa shape index (κ3) is 7.27. The van der Waals surface area contributed by atoms with Crippen molar-refractivity contribution in [1.82, 2.24) is 0 Å². The Morgan fingerprint density at radius 3 is 1.44 bits per heavy atom. The monoisotopic (exact) mass is 552 g/mol. The average molecular weight is 552 g/mol. The number of rotatable bonds is 13. The van der Waals surface area contributed by atoms with Crippen LogP contribution >= 0.6 is 0 Å². The van der Waals surface area contributed by atoms with Gasteiger partial charge in [-0.15, -0.1) is 0 Å². The molecule has 0 aromatic heterocycles. The summed E-state index contributed by atoms with van der Waals surface area (Å²) in [7, 11) is 0. The zero-order valence-corrected chi connectivity index (χ0v) is 19.8. The maximum atomic E-state index is 12.7. The van der Waals surface area contributed by atoms with Gasteiger partial charge in [0.15, 0.2) is 30.4 Å². The highest BCUT2D eigenvalue weighted by Gasteiger charge is 2.27. The first-order chi connectivity index (χ1) is 18.2. The Morgan fingerprint density at radius 2 is 1.00 bits per heavy atom. The molecule has 0 aliphatic rings. The Morgan fingerprint density at radius 1 is 0.590 bits per heavy atom. The second kappa shape index (κ2) is 13.1. The molecule has 0 aliphatic carbocycles. The number of benzene rings is 2. The molecule has 39 heavy (non-hydrogen) atoms. The fourth-order valence-corrected chi connectivity index (χ4v) is 3.59. The molecule has 0 atom stereocenters. The summed E-state index contributed by atoms with van der Waals surface area (Å²) in [5.74, 6) is -6.48. The van der Waals surface area contributed by atoms with Crippen molar-refractivity contribution in [3.63, 3.8) is 0 Å². The fraction of sp³-hybridized carbons (Fsp3) is 0.292. The smallest absolute Gasteiger partial charge is 0.338 e. The number of esters is 1. The normalized spacial score (nSPS) is 11.2. The summed E-state index contributed by atoms with van der Waals surface area (Å²) in [6.45, 7) is -1.38. The van der Waals surface area contributed by atoms with E-state index >= 15 is 0 Å². The van der Waals surface area contributed by atoms with Crippen LogP contribution in [0.25, 0.3) is 0 Å². The average Bonchev–Trinajstić information content (AvgIpc) is 2.86. The lowest BCUT2D eigenvalue weighted by atomic mass is 9.94. The van der Waals surface area contributed by atoms with Crippen LogP contribution in [0.15, 0.2) is 24.3 Å². The minimum absolute atomic E-state index is 0.507. The lowest BCUT2D eigenvalue weighted by Crippen LogP contribution is -2.19. The predicted octanol–water partition coefficient (Wildman–Crippen LogP) is -0.973. The summed E-state index contributed by atoms with van der Waals surface area (Å²) in [4.78, 5) is 60.7. The van der Waals surface area contributed by atoms with Crippen molar-refractivity contribution in [3.05, 3.63) is 68.8 Å². The summed E-state index contributed by atoms with van der Waals surface area (Å²) in [5.41, 5.74) is -4.95. The second-order valence-electron chi connectivity index (χ2n) is 7.95. The molecule has 0 saturated carbocycles. The molecule has 15 heteroatoms. The first-order valence-corrected chi connectivity index (χ1v) is 11.0. The van der Waals surface area contributed by atoms with Crippen LogP contribution in [0.3, 0.4) is 0 Å². The molecule has 0 saturated heterocycles. The van der Waals surface area contributed by atoms with Crippen LogP contribution in [0.4, 0.5) is 0 Å². The maximum absolute atomic E-state index is 12.7. The number of carboxylic acid groups (broad SMARTS) is 2. The molecule has 0 unspecified atom stereocenters. The van der Waals surface area contributed by atoms with E-state index in [9.17, 15) is 64.8 Å². The molecule has 0 aliphatic heterocycles. The molecule has 0 radical (unpaired) electrons. The minimum atomic E-state index is -2.38. The van der Waals surface area contributed by atoms with E-state index in [1.165, 1.54) is 0 Å². The van der Waals surface area contributed by atoms with Crippen molar-refractivity contribution in [1.29, 1.82) is 0 Å². The predicted molar refractivity (Wildman–Crippen MR) is 124 cm³/mol. The number of ether oxygens (including phenoxy) is 1. The molecule has 2 aromatic rings. The Labute approximate surface area is 218 Å². The van der Waals surface area contributed by atoms with Crippen LogP contribution < -0.4 is 0 Å². The number of hydrogen-bond acceptors (Lipinski definition) is 13. The number of hydrogen-bond donors (Lipinski definition) is 9. The molecule has 210 valence electrons. The van der Waals surface area contributed by atoms with Gasteiger partial charge in [-0.3, -0.25) is 9.59 Å². The van der Waals surface area contributed by atoms with Crippen LogP contribution in [0.1, 0.15) is 100 Å². The topological polar surface area (TPSA) is 277 Å². The van der Waals surface area contributed by atoms with E-state index in [4.69, 9.17) is 9.84 Å². The Hall–Kier alpha value is -4.09. The number of carbonyl (C=O) groups is 5. The van der Waals surface area contributed by atoms with Gasteiger partial charge in [-0.1, -0.05) is 0 Å². The molecule has 0 heterocycles. The maximum Gasteiger partial charge on any atom is 0.338 e. The van der Waals surface area contributed by atoms with Crippen LogP contribution in [-0.4, -0.2) is 88.6 Å². The van der Waals surface area contributed by atoms with E-state index in [1.54, 1.807) is 0 Å². The molecule has 2 aromatic carbocycles. The van der Waals surface area contributed by atoms with Crippen molar-refractivity contribution in [3.8, 4) is 0 Å². The highest BCUT2D eigenvalue weighted by molar-refractivity contribution is 6.08. The van der Waals surface area contributed by atoms with E-state index in [0.29, 0.717) is 12.1 Å². The van der Waals surface area contributed by atoms with E-state index < -0.39 is 119 Å². The van der Waals surface area contributed by atoms with Gasteiger partial charge in [-0.05, 0) is 24.3 Å². The quantitative estimate of drug-likeness (QED) is 0.0821. The van der Waals surface area contributed by atoms with Crippen molar-refractivity contribution in [2.45, 2.75) is 31.7 Å². The van der Waals surface area contributed by atoms with Gasteiger partial charge < -0.3 is 50.7 Å².